The second-order valence-electron chi connectivity index (χ2n) is 4.51. The van der Waals surface area contributed by atoms with Gasteiger partial charge in [-0.1, -0.05) is 24.8 Å². The summed E-state index contributed by atoms with van der Waals surface area (Å²) < 4.78 is 0. The summed E-state index contributed by atoms with van der Waals surface area (Å²) in [5.41, 5.74) is 1.50. The molecule has 0 unspecified atom stereocenters. The van der Waals surface area contributed by atoms with E-state index in [0.717, 1.165) is 26.2 Å². The van der Waals surface area contributed by atoms with Crippen molar-refractivity contribution in [2.75, 3.05) is 37.6 Å². The summed E-state index contributed by atoms with van der Waals surface area (Å²) in [5.74, 6) is -0.902. The van der Waals surface area contributed by atoms with E-state index in [4.69, 9.17) is 5.11 Å². The van der Waals surface area contributed by atoms with Gasteiger partial charge in [0.15, 0.2) is 0 Å². The van der Waals surface area contributed by atoms with Gasteiger partial charge >= 0.3 is 5.97 Å². The molecule has 1 fully saturated rings. The Morgan fingerprint density at radius 2 is 1.78 bits per heavy atom. The second kappa shape index (κ2) is 5.69. The second-order valence-corrected chi connectivity index (χ2v) is 4.51. The predicted octanol–water partition coefficient (Wildman–Crippen LogP) is 1.45. The third kappa shape index (κ3) is 3.11. The van der Waals surface area contributed by atoms with E-state index in [1.54, 1.807) is 0 Å². The van der Waals surface area contributed by atoms with Crippen molar-refractivity contribution in [2.24, 2.45) is 0 Å². The Hall–Kier alpha value is -1.81. The number of nitrogens with zero attached hydrogens (tertiary/aromatic N) is 2. The molecule has 1 heterocycles. The monoisotopic (exact) mass is 246 g/mol. The highest BCUT2D eigenvalue weighted by atomic mass is 16.4. The number of carbonyl (C=O) groups is 1. The van der Waals surface area contributed by atoms with E-state index in [1.807, 2.05) is 18.2 Å². The standard InChI is InChI=1S/C14H18N2O2/c1-12(14(17)18)11-15-7-9-16(10-8-15)13-5-3-2-4-6-13/h2-6H,1,7-11H2,(H,17,18). The SMILES string of the molecule is C=C(CN1CCN(c2ccccc2)CC1)C(=O)O. The smallest absolute Gasteiger partial charge is 0.332 e. The van der Waals surface area contributed by atoms with Crippen LogP contribution < -0.4 is 4.90 Å². The van der Waals surface area contributed by atoms with Crippen LogP contribution in [0.25, 0.3) is 0 Å². The van der Waals surface area contributed by atoms with E-state index >= 15 is 0 Å². The lowest BCUT2D eigenvalue weighted by atomic mass is 10.2. The van der Waals surface area contributed by atoms with Crippen LogP contribution in [0.1, 0.15) is 0 Å². The van der Waals surface area contributed by atoms with E-state index in [-0.39, 0.29) is 5.57 Å². The zero-order valence-corrected chi connectivity index (χ0v) is 10.4. The van der Waals surface area contributed by atoms with Crippen LogP contribution in [0.2, 0.25) is 0 Å². The maximum Gasteiger partial charge on any atom is 0.332 e. The molecule has 18 heavy (non-hydrogen) atoms. The quantitative estimate of drug-likeness (QED) is 0.817. The van der Waals surface area contributed by atoms with Gasteiger partial charge in [0.25, 0.3) is 0 Å². The Morgan fingerprint density at radius 1 is 1.17 bits per heavy atom. The molecule has 0 aromatic heterocycles. The number of para-hydroxylation sites is 1. The summed E-state index contributed by atoms with van der Waals surface area (Å²) in [4.78, 5) is 15.2. The van der Waals surface area contributed by atoms with E-state index in [0.29, 0.717) is 6.54 Å². The van der Waals surface area contributed by atoms with Gasteiger partial charge in [-0.25, -0.2) is 4.79 Å². The summed E-state index contributed by atoms with van der Waals surface area (Å²) in [6, 6.07) is 10.3. The molecule has 1 saturated heterocycles. The van der Waals surface area contributed by atoms with Crippen LogP contribution in [0.3, 0.4) is 0 Å². The molecule has 1 aliphatic rings. The highest BCUT2D eigenvalue weighted by Gasteiger charge is 2.18. The fourth-order valence-electron chi connectivity index (χ4n) is 2.14. The average Bonchev–Trinajstić information content (AvgIpc) is 2.40. The number of aliphatic carboxylic acids is 1. The van der Waals surface area contributed by atoms with Crippen molar-refractivity contribution < 1.29 is 9.90 Å². The minimum absolute atomic E-state index is 0.267. The van der Waals surface area contributed by atoms with Gasteiger partial charge in [0.2, 0.25) is 0 Å². The molecule has 0 aliphatic carbocycles. The van der Waals surface area contributed by atoms with Gasteiger partial charge in [-0.15, -0.1) is 0 Å². The summed E-state index contributed by atoms with van der Waals surface area (Å²) in [6.45, 7) is 7.63. The fourth-order valence-corrected chi connectivity index (χ4v) is 2.14. The topological polar surface area (TPSA) is 43.8 Å². The van der Waals surface area contributed by atoms with Crippen molar-refractivity contribution in [3.05, 3.63) is 42.5 Å². The van der Waals surface area contributed by atoms with Gasteiger partial charge in [0.05, 0.1) is 0 Å². The zero-order valence-electron chi connectivity index (χ0n) is 10.4. The number of carboxylic acids is 1. The minimum Gasteiger partial charge on any atom is -0.478 e. The van der Waals surface area contributed by atoms with E-state index < -0.39 is 5.97 Å². The lowest BCUT2D eigenvalue weighted by Crippen LogP contribution is -2.47. The van der Waals surface area contributed by atoms with Crippen molar-refractivity contribution in [3.8, 4) is 0 Å². The summed E-state index contributed by atoms with van der Waals surface area (Å²) >= 11 is 0. The van der Waals surface area contributed by atoms with Gasteiger partial charge in [-0.2, -0.15) is 0 Å². The largest absolute Gasteiger partial charge is 0.478 e. The van der Waals surface area contributed by atoms with Crippen LogP contribution in [0.5, 0.6) is 0 Å². The van der Waals surface area contributed by atoms with Crippen LogP contribution in [0, 0.1) is 0 Å². The molecule has 1 N–H and O–H groups in total. The predicted molar refractivity (Wildman–Crippen MR) is 71.9 cm³/mol. The molecule has 4 heteroatoms. The normalized spacial score (nSPS) is 16.6. The van der Waals surface area contributed by atoms with Crippen LogP contribution in [0.15, 0.2) is 42.5 Å². The van der Waals surface area contributed by atoms with Crippen molar-refractivity contribution in [1.82, 2.24) is 4.90 Å². The molecule has 0 spiro atoms. The molecule has 0 radical (unpaired) electrons. The van der Waals surface area contributed by atoms with E-state index in [9.17, 15) is 4.79 Å². The first kappa shape index (κ1) is 12.6. The number of anilines is 1. The van der Waals surface area contributed by atoms with Crippen molar-refractivity contribution in [2.45, 2.75) is 0 Å². The molecule has 1 aliphatic heterocycles. The van der Waals surface area contributed by atoms with Crippen LogP contribution >= 0.6 is 0 Å². The van der Waals surface area contributed by atoms with Crippen molar-refractivity contribution >= 4 is 11.7 Å². The number of hydrogen-bond acceptors (Lipinski definition) is 3. The molecule has 2 rings (SSSR count). The highest BCUT2D eigenvalue weighted by Crippen LogP contribution is 2.15. The summed E-state index contributed by atoms with van der Waals surface area (Å²) in [6.07, 6.45) is 0. The molecule has 0 saturated carbocycles. The molecular weight excluding hydrogens is 228 g/mol. The zero-order chi connectivity index (χ0) is 13.0. The molecule has 4 nitrogen and oxygen atoms in total. The molecular formula is C14H18N2O2. The third-order valence-electron chi connectivity index (χ3n) is 3.21. The molecule has 0 bridgehead atoms. The summed E-state index contributed by atoms with van der Waals surface area (Å²) in [7, 11) is 0. The number of benzene rings is 1. The number of piperazine rings is 1. The maximum absolute atomic E-state index is 10.7. The van der Waals surface area contributed by atoms with Gasteiger partial charge in [0.1, 0.15) is 0 Å². The first-order valence-corrected chi connectivity index (χ1v) is 6.10. The molecule has 96 valence electrons. The Bertz CT molecular complexity index is 423. The fraction of sp³-hybridized carbons (Fsp3) is 0.357. The first-order chi connectivity index (χ1) is 8.66. The number of carboxylic acid groups (broad SMARTS) is 1. The lowest BCUT2D eigenvalue weighted by Gasteiger charge is -2.36. The van der Waals surface area contributed by atoms with E-state index in [1.165, 1.54) is 5.69 Å². The molecule has 0 amide bonds. The lowest BCUT2D eigenvalue weighted by molar-refractivity contribution is -0.132. The van der Waals surface area contributed by atoms with Crippen LogP contribution in [-0.2, 0) is 4.79 Å². The Morgan fingerprint density at radius 3 is 2.33 bits per heavy atom. The Kier molecular flexibility index (Phi) is 3.99. The van der Waals surface area contributed by atoms with Crippen LogP contribution in [0.4, 0.5) is 5.69 Å². The van der Waals surface area contributed by atoms with Gasteiger partial charge in [-0.05, 0) is 12.1 Å². The molecule has 0 atom stereocenters. The summed E-state index contributed by atoms with van der Waals surface area (Å²) in [5, 5.41) is 8.81. The highest BCUT2D eigenvalue weighted by molar-refractivity contribution is 5.86. The van der Waals surface area contributed by atoms with Gasteiger partial charge in [-0.3, -0.25) is 4.90 Å². The maximum atomic E-state index is 10.7. The number of rotatable bonds is 4. The number of hydrogen-bond donors (Lipinski definition) is 1. The van der Waals surface area contributed by atoms with Crippen LogP contribution in [-0.4, -0.2) is 48.7 Å². The Labute approximate surface area is 107 Å². The average molecular weight is 246 g/mol. The first-order valence-electron chi connectivity index (χ1n) is 6.10. The van der Waals surface area contributed by atoms with Gasteiger partial charge in [0, 0.05) is 44.0 Å². The Balaban J connectivity index is 1.85. The van der Waals surface area contributed by atoms with E-state index in [2.05, 4.69) is 28.5 Å². The third-order valence-corrected chi connectivity index (χ3v) is 3.21. The van der Waals surface area contributed by atoms with Gasteiger partial charge < -0.3 is 10.0 Å². The van der Waals surface area contributed by atoms with Crippen molar-refractivity contribution in [3.63, 3.8) is 0 Å². The van der Waals surface area contributed by atoms with Crippen molar-refractivity contribution in [1.29, 1.82) is 0 Å². The molecule has 1 aromatic carbocycles. The minimum atomic E-state index is -0.902. The molecule has 1 aromatic rings.